The molecule has 0 amide bonds. The van der Waals surface area contributed by atoms with Crippen molar-refractivity contribution in [3.63, 3.8) is 0 Å². The van der Waals surface area contributed by atoms with E-state index in [1.54, 1.807) is 0 Å². The largest absolute Gasteiger partial charge is 0.287 e. The summed E-state index contributed by atoms with van der Waals surface area (Å²) in [5.74, 6) is 0. The lowest BCUT2D eigenvalue weighted by molar-refractivity contribution is -0.116. The van der Waals surface area contributed by atoms with E-state index in [0.717, 1.165) is 12.8 Å². The Morgan fingerprint density at radius 2 is 1.86 bits per heavy atom. The summed E-state index contributed by atoms with van der Waals surface area (Å²) in [5, 5.41) is 5.04. The van der Waals surface area contributed by atoms with Gasteiger partial charge in [-0.15, -0.1) is 0 Å². The highest BCUT2D eigenvalue weighted by molar-refractivity contribution is 14.1. The van der Waals surface area contributed by atoms with Gasteiger partial charge < -0.3 is 0 Å². The van der Waals surface area contributed by atoms with Crippen LogP contribution in [0.4, 0.5) is 0 Å². The van der Waals surface area contributed by atoms with Crippen LogP contribution in [0.2, 0.25) is 0 Å². The minimum Gasteiger partial charge on any atom is -0.287 e. The SMILES string of the molecule is CC(C)(Cc1nn(C2CCCCC2)c2c1CCCC2)C(=O)I. The fourth-order valence-corrected chi connectivity index (χ4v) is 4.15. The Morgan fingerprint density at radius 3 is 2.55 bits per heavy atom. The number of carbonyl (C=O) groups is 1. The van der Waals surface area contributed by atoms with Crippen molar-refractivity contribution >= 4 is 26.4 Å². The summed E-state index contributed by atoms with van der Waals surface area (Å²) in [6.45, 7) is 4.10. The first-order chi connectivity index (χ1) is 10.5. The van der Waals surface area contributed by atoms with E-state index < -0.39 is 0 Å². The highest BCUT2D eigenvalue weighted by Gasteiger charge is 2.31. The van der Waals surface area contributed by atoms with Crippen molar-refractivity contribution < 1.29 is 4.79 Å². The van der Waals surface area contributed by atoms with E-state index in [1.807, 2.05) is 22.6 Å². The minimum absolute atomic E-state index is 0.238. The molecule has 0 aromatic carbocycles. The Kier molecular flexibility index (Phi) is 4.95. The molecule has 3 rings (SSSR count). The molecule has 3 nitrogen and oxygen atoms in total. The number of fused-ring (bicyclic) bond motifs is 1. The summed E-state index contributed by atoms with van der Waals surface area (Å²) < 4.78 is 2.61. The van der Waals surface area contributed by atoms with Crippen LogP contribution in [0.25, 0.3) is 0 Å². The summed E-state index contributed by atoms with van der Waals surface area (Å²) in [4.78, 5) is 11.9. The first-order valence-corrected chi connectivity index (χ1v) is 9.86. The third-order valence-corrected chi connectivity index (χ3v) is 6.81. The van der Waals surface area contributed by atoms with Crippen LogP contribution in [0.1, 0.15) is 81.8 Å². The molecule has 0 atom stereocenters. The third kappa shape index (κ3) is 3.26. The second-order valence-electron chi connectivity index (χ2n) is 7.65. The first kappa shape index (κ1) is 16.5. The molecule has 0 N–H and O–H groups in total. The van der Waals surface area contributed by atoms with E-state index in [9.17, 15) is 4.79 Å². The predicted molar refractivity (Wildman–Crippen MR) is 97.5 cm³/mol. The Labute approximate surface area is 147 Å². The van der Waals surface area contributed by atoms with E-state index in [0.29, 0.717) is 6.04 Å². The zero-order valence-corrected chi connectivity index (χ0v) is 16.0. The molecular formula is C18H27IN2O. The van der Waals surface area contributed by atoms with Crippen LogP contribution in [0, 0.1) is 5.41 Å². The van der Waals surface area contributed by atoms with E-state index in [2.05, 4.69) is 18.5 Å². The molecule has 0 spiro atoms. The molecule has 0 bridgehead atoms. The topological polar surface area (TPSA) is 34.9 Å². The average molecular weight is 414 g/mol. The molecule has 1 aromatic heterocycles. The summed E-state index contributed by atoms with van der Waals surface area (Å²) in [7, 11) is 0. The molecule has 1 aromatic rings. The van der Waals surface area contributed by atoms with Crippen molar-refractivity contribution in [1.82, 2.24) is 9.78 Å². The second-order valence-corrected chi connectivity index (χ2v) is 8.63. The molecule has 0 saturated heterocycles. The lowest BCUT2D eigenvalue weighted by atomic mass is 9.86. The van der Waals surface area contributed by atoms with Gasteiger partial charge in [0.25, 0.3) is 0 Å². The highest BCUT2D eigenvalue weighted by atomic mass is 127. The fraction of sp³-hybridized carbons (Fsp3) is 0.778. The van der Waals surface area contributed by atoms with Gasteiger partial charge in [0, 0.05) is 40.1 Å². The summed E-state index contributed by atoms with van der Waals surface area (Å²) in [6, 6.07) is 0.604. The van der Waals surface area contributed by atoms with Gasteiger partial charge in [0.2, 0.25) is 0 Å². The fourth-order valence-electron chi connectivity index (χ4n) is 3.96. The molecular weight excluding hydrogens is 387 g/mol. The predicted octanol–water partition coefficient (Wildman–Crippen LogP) is 4.80. The number of hydrogen-bond acceptors (Lipinski definition) is 2. The third-order valence-electron chi connectivity index (χ3n) is 5.35. The number of hydrogen-bond donors (Lipinski definition) is 0. The summed E-state index contributed by atoms with van der Waals surface area (Å²) in [5.41, 5.74) is 3.86. The van der Waals surface area contributed by atoms with Gasteiger partial charge in [-0.3, -0.25) is 9.48 Å². The van der Waals surface area contributed by atoms with Crippen LogP contribution in [-0.4, -0.2) is 13.6 Å². The molecule has 2 aliphatic rings. The number of rotatable bonds is 4. The van der Waals surface area contributed by atoms with E-state index in [4.69, 9.17) is 5.10 Å². The van der Waals surface area contributed by atoms with Crippen LogP contribution in [0.3, 0.4) is 0 Å². The molecule has 1 fully saturated rings. The highest BCUT2D eigenvalue weighted by Crippen LogP contribution is 2.35. The van der Waals surface area contributed by atoms with Crippen molar-refractivity contribution in [2.75, 3.05) is 0 Å². The molecule has 1 saturated carbocycles. The quantitative estimate of drug-likeness (QED) is 0.524. The summed E-state index contributed by atoms with van der Waals surface area (Å²) >= 11 is 1.94. The second kappa shape index (κ2) is 6.62. The van der Waals surface area contributed by atoms with E-state index in [1.165, 1.54) is 68.3 Å². The van der Waals surface area contributed by atoms with Crippen molar-refractivity contribution in [1.29, 1.82) is 0 Å². The monoisotopic (exact) mass is 414 g/mol. The maximum Gasteiger partial charge on any atom is 0.198 e. The maximum absolute atomic E-state index is 11.9. The zero-order chi connectivity index (χ0) is 15.7. The smallest absolute Gasteiger partial charge is 0.198 e. The molecule has 0 radical (unpaired) electrons. The number of carbonyl (C=O) groups excluding carboxylic acids is 1. The summed E-state index contributed by atoms with van der Waals surface area (Å²) in [6.07, 6.45) is 12.3. The molecule has 0 aliphatic heterocycles. The Bertz CT molecular complexity index is 556. The van der Waals surface area contributed by atoms with Gasteiger partial charge in [0.15, 0.2) is 3.79 Å². The van der Waals surface area contributed by atoms with Crippen LogP contribution < -0.4 is 0 Å². The number of aromatic nitrogens is 2. The molecule has 122 valence electrons. The van der Waals surface area contributed by atoms with Gasteiger partial charge in [-0.05, 0) is 44.1 Å². The molecule has 1 heterocycles. The molecule has 0 unspecified atom stereocenters. The van der Waals surface area contributed by atoms with Crippen molar-refractivity contribution in [2.24, 2.45) is 5.41 Å². The maximum atomic E-state index is 11.9. The zero-order valence-electron chi connectivity index (χ0n) is 13.8. The average Bonchev–Trinajstić information content (AvgIpc) is 2.86. The van der Waals surface area contributed by atoms with Crippen molar-refractivity contribution in [3.05, 3.63) is 17.0 Å². The van der Waals surface area contributed by atoms with E-state index >= 15 is 0 Å². The van der Waals surface area contributed by atoms with Gasteiger partial charge in [-0.2, -0.15) is 5.10 Å². The van der Waals surface area contributed by atoms with Gasteiger partial charge >= 0.3 is 0 Å². The molecule has 4 heteroatoms. The van der Waals surface area contributed by atoms with Crippen LogP contribution >= 0.6 is 22.6 Å². The lowest BCUT2D eigenvalue weighted by Gasteiger charge is -2.25. The standard InChI is InChI=1S/C18H27IN2O/c1-18(2,17(19)22)12-15-14-10-6-7-11-16(14)21(20-15)13-8-4-3-5-9-13/h13H,3-12H2,1-2H3. The van der Waals surface area contributed by atoms with Crippen molar-refractivity contribution in [2.45, 2.75) is 84.1 Å². The van der Waals surface area contributed by atoms with Crippen LogP contribution in [-0.2, 0) is 24.1 Å². The van der Waals surface area contributed by atoms with Crippen LogP contribution in [0.5, 0.6) is 0 Å². The van der Waals surface area contributed by atoms with Gasteiger partial charge in [0.1, 0.15) is 0 Å². The van der Waals surface area contributed by atoms with Crippen LogP contribution in [0.15, 0.2) is 0 Å². The van der Waals surface area contributed by atoms with E-state index in [-0.39, 0.29) is 9.20 Å². The molecule has 2 aliphatic carbocycles. The number of nitrogens with zero attached hydrogens (tertiary/aromatic N) is 2. The minimum atomic E-state index is -0.308. The van der Waals surface area contributed by atoms with Gasteiger partial charge in [-0.25, -0.2) is 0 Å². The lowest BCUT2D eigenvalue weighted by Crippen LogP contribution is -2.23. The molecule has 22 heavy (non-hydrogen) atoms. The van der Waals surface area contributed by atoms with Crippen molar-refractivity contribution in [3.8, 4) is 0 Å². The van der Waals surface area contributed by atoms with Gasteiger partial charge in [-0.1, -0.05) is 33.1 Å². The normalized spacial score (nSPS) is 20.0. The Balaban J connectivity index is 1.93. The number of halogens is 1. The Hall–Kier alpha value is -0.390. The first-order valence-electron chi connectivity index (χ1n) is 8.78. The Morgan fingerprint density at radius 1 is 1.18 bits per heavy atom. The van der Waals surface area contributed by atoms with Gasteiger partial charge in [0.05, 0.1) is 11.7 Å².